The van der Waals surface area contributed by atoms with E-state index < -0.39 is 48.0 Å². The van der Waals surface area contributed by atoms with Crippen LogP contribution in [0.2, 0.25) is 0 Å². The molecule has 1 aromatic heterocycles. The Morgan fingerprint density at radius 2 is 1.87 bits per heavy atom. The largest absolute Gasteiger partial charge is 0.506 e. The second-order valence-corrected chi connectivity index (χ2v) is 7.46. The van der Waals surface area contributed by atoms with E-state index in [-0.39, 0.29) is 22.4 Å². The summed E-state index contributed by atoms with van der Waals surface area (Å²) in [6, 6.07) is 3.02. The predicted molar refractivity (Wildman–Crippen MR) is 105 cm³/mol. The quantitative estimate of drug-likeness (QED) is 0.519. The molecular formula is C21H18N2O8. The maximum Gasteiger partial charge on any atom is 0.345 e. The summed E-state index contributed by atoms with van der Waals surface area (Å²) in [4.78, 5) is 43.3. The van der Waals surface area contributed by atoms with Gasteiger partial charge in [0.05, 0.1) is 24.8 Å². The Bertz CT molecular complexity index is 1170. The monoisotopic (exact) mass is 426 g/mol. The molecule has 31 heavy (non-hydrogen) atoms. The molecule has 0 amide bonds. The van der Waals surface area contributed by atoms with E-state index in [1.54, 1.807) is 6.07 Å². The minimum atomic E-state index is -2.42. The van der Waals surface area contributed by atoms with Gasteiger partial charge in [0.15, 0.2) is 11.4 Å². The molecule has 4 rings (SSSR count). The maximum atomic E-state index is 12.5. The summed E-state index contributed by atoms with van der Waals surface area (Å²) >= 11 is 0. The fraction of sp³-hybridized carbons (Fsp3) is 0.333. The third-order valence-corrected chi connectivity index (χ3v) is 5.08. The lowest BCUT2D eigenvalue weighted by atomic mass is 9.94. The van der Waals surface area contributed by atoms with Crippen molar-refractivity contribution in [3.63, 3.8) is 0 Å². The molecule has 1 atom stereocenters. The zero-order valence-corrected chi connectivity index (χ0v) is 16.5. The number of esters is 3. The highest BCUT2D eigenvalue weighted by Crippen LogP contribution is 2.48. The van der Waals surface area contributed by atoms with Crippen molar-refractivity contribution in [2.24, 2.45) is 0 Å². The number of ether oxygens (including phenoxy) is 3. The van der Waals surface area contributed by atoms with Gasteiger partial charge in [0.1, 0.15) is 11.3 Å². The van der Waals surface area contributed by atoms with E-state index in [1.165, 1.54) is 6.07 Å². The first-order valence-electron chi connectivity index (χ1n) is 9.38. The number of phenols is 1. The van der Waals surface area contributed by atoms with Gasteiger partial charge >= 0.3 is 17.9 Å². The summed E-state index contributed by atoms with van der Waals surface area (Å²) in [5.74, 6) is -1.94. The Morgan fingerprint density at radius 1 is 1.16 bits per heavy atom. The summed E-state index contributed by atoms with van der Waals surface area (Å²) < 4.78 is 15.8. The fourth-order valence-electron chi connectivity index (χ4n) is 3.53. The van der Waals surface area contributed by atoms with Crippen LogP contribution >= 0.6 is 0 Å². The highest BCUT2D eigenvalue weighted by atomic mass is 16.6. The van der Waals surface area contributed by atoms with Gasteiger partial charge in [-0.3, -0.25) is 14.5 Å². The van der Waals surface area contributed by atoms with Crippen LogP contribution in [-0.2, 0) is 20.8 Å². The van der Waals surface area contributed by atoms with Gasteiger partial charge in [0, 0.05) is 6.54 Å². The molecular weight excluding hydrogens is 408 g/mol. The SMILES string of the molecule is C#CCN(C)CCc1ccc(O)c2nc3c4c(c12)OC(=O)CC(O)(CC(=O)O3)C(=O)O4. The molecule has 1 unspecified atom stereocenters. The number of carbonyl (C=O) groups excluding carboxylic acids is 3. The van der Waals surface area contributed by atoms with Gasteiger partial charge in [-0.05, 0) is 25.1 Å². The molecule has 160 valence electrons. The van der Waals surface area contributed by atoms with Crippen molar-refractivity contribution in [3.05, 3.63) is 17.7 Å². The second kappa shape index (κ2) is 7.54. The van der Waals surface area contributed by atoms with Crippen LogP contribution < -0.4 is 14.2 Å². The number of phenolic OH excluding ortho intramolecular Hbond substituents is 1. The summed E-state index contributed by atoms with van der Waals surface area (Å²) in [6.07, 6.45) is 4.13. The zero-order valence-electron chi connectivity index (χ0n) is 16.5. The Kier molecular flexibility index (Phi) is 5.00. The highest BCUT2D eigenvalue weighted by Gasteiger charge is 2.48. The van der Waals surface area contributed by atoms with E-state index in [9.17, 15) is 24.6 Å². The number of rotatable bonds is 4. The van der Waals surface area contributed by atoms with Crippen molar-refractivity contribution >= 4 is 28.8 Å². The smallest absolute Gasteiger partial charge is 0.345 e. The van der Waals surface area contributed by atoms with E-state index in [0.717, 1.165) is 0 Å². The molecule has 2 aliphatic heterocycles. The number of carbonyl (C=O) groups is 3. The van der Waals surface area contributed by atoms with Crippen molar-refractivity contribution < 1.29 is 38.8 Å². The number of benzene rings is 1. The summed E-state index contributed by atoms with van der Waals surface area (Å²) in [6.45, 7) is 0.945. The third kappa shape index (κ3) is 3.65. The van der Waals surface area contributed by atoms with Crippen LogP contribution in [0.1, 0.15) is 18.4 Å². The fourth-order valence-corrected chi connectivity index (χ4v) is 3.53. The van der Waals surface area contributed by atoms with Crippen LogP contribution in [0, 0.1) is 12.3 Å². The molecule has 2 N–H and O–H groups in total. The van der Waals surface area contributed by atoms with Gasteiger partial charge in [0.2, 0.25) is 5.75 Å². The first-order chi connectivity index (χ1) is 14.7. The van der Waals surface area contributed by atoms with Crippen LogP contribution in [0.15, 0.2) is 12.1 Å². The molecule has 3 heterocycles. The molecule has 2 aromatic rings. The highest BCUT2D eigenvalue weighted by molar-refractivity contribution is 6.01. The molecule has 0 fully saturated rings. The minimum Gasteiger partial charge on any atom is -0.506 e. The molecule has 0 saturated heterocycles. The van der Waals surface area contributed by atoms with Gasteiger partial charge in [-0.15, -0.1) is 6.42 Å². The van der Waals surface area contributed by atoms with Gasteiger partial charge in [0.25, 0.3) is 5.88 Å². The van der Waals surface area contributed by atoms with Gasteiger partial charge < -0.3 is 24.4 Å². The lowest BCUT2D eigenvalue weighted by Gasteiger charge is -2.30. The number of terminal acetylenes is 1. The average Bonchev–Trinajstić information content (AvgIpc) is 2.68. The van der Waals surface area contributed by atoms with Crippen molar-refractivity contribution in [1.82, 2.24) is 9.88 Å². The number of aromatic hydroxyl groups is 1. The Balaban J connectivity index is 1.95. The summed E-state index contributed by atoms with van der Waals surface area (Å²) in [5.41, 5.74) is -1.80. The van der Waals surface area contributed by atoms with E-state index in [2.05, 4.69) is 10.9 Å². The van der Waals surface area contributed by atoms with Crippen LogP contribution in [0.5, 0.6) is 23.1 Å². The molecule has 10 heteroatoms. The average molecular weight is 426 g/mol. The van der Waals surface area contributed by atoms with Crippen LogP contribution in [-0.4, -0.2) is 63.7 Å². The van der Waals surface area contributed by atoms with Crippen LogP contribution in [0.25, 0.3) is 10.9 Å². The summed E-state index contributed by atoms with van der Waals surface area (Å²) in [7, 11) is 1.83. The number of hydrogen-bond donors (Lipinski definition) is 2. The molecule has 2 bridgehead atoms. The van der Waals surface area contributed by atoms with Crippen LogP contribution in [0.4, 0.5) is 0 Å². The van der Waals surface area contributed by atoms with Crippen molar-refractivity contribution in [1.29, 1.82) is 0 Å². The van der Waals surface area contributed by atoms with Gasteiger partial charge in [-0.1, -0.05) is 12.0 Å². The molecule has 0 spiro atoms. The van der Waals surface area contributed by atoms with E-state index in [1.807, 2.05) is 11.9 Å². The number of aromatic nitrogens is 1. The standard InChI is InChI=1S/C21H18N2O8/c1-3-7-23(2)8-6-11-4-5-12(24)16-15(11)17-18-19(22-16)30-14(26)10-21(28,20(27)31-18)9-13(25)29-17/h1,4-5,24,28H,6-10H2,2H3. The number of fused-ring (bicyclic) bond motifs is 4. The second-order valence-electron chi connectivity index (χ2n) is 7.46. The third-order valence-electron chi connectivity index (χ3n) is 5.08. The Hall–Kier alpha value is -3.68. The van der Waals surface area contributed by atoms with Gasteiger partial charge in [-0.2, -0.15) is 0 Å². The first kappa shape index (κ1) is 20.6. The topological polar surface area (TPSA) is 135 Å². The molecule has 0 aliphatic carbocycles. The Labute approximate surface area is 176 Å². The van der Waals surface area contributed by atoms with Crippen LogP contribution in [0.3, 0.4) is 0 Å². The van der Waals surface area contributed by atoms with E-state index in [0.29, 0.717) is 25.1 Å². The number of aliphatic hydroxyl groups is 1. The molecule has 0 saturated carbocycles. The van der Waals surface area contributed by atoms with Crippen molar-refractivity contribution in [2.75, 3.05) is 20.1 Å². The molecule has 2 aliphatic rings. The number of likely N-dealkylation sites (N-methyl/N-ethyl adjacent to an activating group) is 1. The van der Waals surface area contributed by atoms with Crippen molar-refractivity contribution in [2.45, 2.75) is 24.9 Å². The first-order valence-corrected chi connectivity index (χ1v) is 9.38. The number of nitrogens with zero attached hydrogens (tertiary/aromatic N) is 2. The normalized spacial score (nSPS) is 20.3. The zero-order chi connectivity index (χ0) is 22.3. The minimum absolute atomic E-state index is 0.00101. The van der Waals surface area contributed by atoms with E-state index >= 15 is 0 Å². The molecule has 10 nitrogen and oxygen atoms in total. The maximum absolute atomic E-state index is 12.5. The molecule has 0 radical (unpaired) electrons. The number of pyridine rings is 1. The van der Waals surface area contributed by atoms with Gasteiger partial charge in [-0.25, -0.2) is 9.78 Å². The molecule has 1 aromatic carbocycles. The van der Waals surface area contributed by atoms with Crippen molar-refractivity contribution in [3.8, 4) is 35.5 Å². The lowest BCUT2D eigenvalue weighted by molar-refractivity contribution is -0.170. The Morgan fingerprint density at radius 3 is 2.58 bits per heavy atom. The number of hydrogen-bond acceptors (Lipinski definition) is 10. The predicted octanol–water partition coefficient (Wildman–Crippen LogP) is 0.303. The lowest BCUT2D eigenvalue weighted by Crippen LogP contribution is -2.49. The van der Waals surface area contributed by atoms with E-state index in [4.69, 9.17) is 20.6 Å². The summed E-state index contributed by atoms with van der Waals surface area (Å²) in [5, 5.41) is 21.1.